The van der Waals surface area contributed by atoms with Crippen molar-refractivity contribution in [2.24, 2.45) is 0 Å². The summed E-state index contributed by atoms with van der Waals surface area (Å²) < 4.78 is 46.1. The topological polar surface area (TPSA) is 88.6 Å². The summed E-state index contributed by atoms with van der Waals surface area (Å²) >= 11 is 2.86. The molecular formula is C18H16FN3O4S3. The van der Waals surface area contributed by atoms with Crippen molar-refractivity contribution in [1.29, 1.82) is 0 Å². The number of benzene rings is 1. The number of hydrogen-bond donors (Lipinski definition) is 1. The van der Waals surface area contributed by atoms with Gasteiger partial charge in [-0.15, -0.1) is 22.7 Å². The SMILES string of the molecule is O=C(Nc1ccc(F)c(S(=O)(=O)N2CCOCC2)c1)c1csc(-c2cccs2)n1. The molecule has 0 saturated carbocycles. The number of carbonyl (C=O) groups is 1. The van der Waals surface area contributed by atoms with Crippen LogP contribution in [0.25, 0.3) is 9.88 Å². The van der Waals surface area contributed by atoms with Crippen LogP contribution in [0.2, 0.25) is 0 Å². The summed E-state index contributed by atoms with van der Waals surface area (Å²) in [6.45, 7) is 0.826. The van der Waals surface area contributed by atoms with E-state index in [1.165, 1.54) is 33.0 Å². The molecule has 0 bridgehead atoms. The fraction of sp³-hybridized carbons (Fsp3) is 0.222. The standard InChI is InChI=1S/C18H16FN3O4S3/c19-13-4-3-12(10-16(13)29(24,25)22-5-7-26-8-6-22)20-17(23)14-11-28-18(21-14)15-2-1-9-27-15/h1-4,9-11H,5-8H2,(H,20,23). The number of amides is 1. The van der Waals surface area contributed by atoms with E-state index in [9.17, 15) is 17.6 Å². The lowest BCUT2D eigenvalue weighted by atomic mass is 10.3. The van der Waals surface area contributed by atoms with Gasteiger partial charge in [-0.05, 0) is 29.6 Å². The number of sulfonamides is 1. The number of hydrogen-bond acceptors (Lipinski definition) is 7. The summed E-state index contributed by atoms with van der Waals surface area (Å²) in [5, 5.41) is 6.86. The zero-order chi connectivity index (χ0) is 20.4. The van der Waals surface area contributed by atoms with Gasteiger partial charge in [0.05, 0.1) is 18.1 Å². The molecule has 0 radical (unpaired) electrons. The van der Waals surface area contributed by atoms with Gasteiger partial charge >= 0.3 is 0 Å². The Balaban J connectivity index is 1.55. The Morgan fingerprint density at radius 2 is 2.00 bits per heavy atom. The number of thiophene rings is 1. The average molecular weight is 454 g/mol. The molecule has 1 amide bonds. The highest BCUT2D eigenvalue weighted by Gasteiger charge is 2.29. The summed E-state index contributed by atoms with van der Waals surface area (Å²) in [6, 6.07) is 7.29. The average Bonchev–Trinajstić information content (AvgIpc) is 3.42. The number of nitrogens with zero attached hydrogens (tertiary/aromatic N) is 2. The molecule has 0 atom stereocenters. The van der Waals surface area contributed by atoms with Gasteiger partial charge in [-0.3, -0.25) is 4.79 Å². The van der Waals surface area contributed by atoms with Crippen molar-refractivity contribution in [1.82, 2.24) is 9.29 Å². The third kappa shape index (κ3) is 4.23. The number of rotatable bonds is 5. The highest BCUT2D eigenvalue weighted by atomic mass is 32.2. The quantitative estimate of drug-likeness (QED) is 0.641. The fourth-order valence-electron chi connectivity index (χ4n) is 2.79. The summed E-state index contributed by atoms with van der Waals surface area (Å²) in [6.07, 6.45) is 0. The molecule has 4 rings (SSSR count). The van der Waals surface area contributed by atoms with Crippen molar-refractivity contribution >= 4 is 44.3 Å². The molecule has 29 heavy (non-hydrogen) atoms. The predicted octanol–water partition coefficient (Wildman–Crippen LogP) is 3.28. The summed E-state index contributed by atoms with van der Waals surface area (Å²) in [5.74, 6) is -1.37. The number of morpholine rings is 1. The number of aromatic nitrogens is 1. The molecule has 1 fully saturated rings. The fourth-order valence-corrected chi connectivity index (χ4v) is 5.90. The molecule has 3 aromatic rings. The molecule has 0 spiro atoms. The molecule has 1 aliphatic heterocycles. The molecule has 1 N–H and O–H groups in total. The van der Waals surface area contributed by atoms with Gasteiger partial charge in [-0.1, -0.05) is 6.07 Å². The van der Waals surface area contributed by atoms with E-state index in [2.05, 4.69) is 10.3 Å². The zero-order valence-corrected chi connectivity index (χ0v) is 17.4. The lowest BCUT2D eigenvalue weighted by Gasteiger charge is -2.26. The van der Waals surface area contributed by atoms with E-state index in [-0.39, 0.29) is 37.7 Å². The van der Waals surface area contributed by atoms with Gasteiger partial charge < -0.3 is 10.1 Å². The Morgan fingerprint density at radius 3 is 2.72 bits per heavy atom. The second-order valence-corrected chi connectivity index (χ2v) is 9.84. The predicted molar refractivity (Wildman–Crippen MR) is 109 cm³/mol. The smallest absolute Gasteiger partial charge is 0.275 e. The number of thiazole rings is 1. The number of ether oxygens (including phenoxy) is 1. The Bertz CT molecular complexity index is 1120. The Kier molecular flexibility index (Phi) is 5.74. The molecule has 2 aromatic heterocycles. The maximum absolute atomic E-state index is 14.3. The minimum absolute atomic E-state index is 0.155. The van der Waals surface area contributed by atoms with Crippen molar-refractivity contribution in [3.63, 3.8) is 0 Å². The van der Waals surface area contributed by atoms with Crippen molar-refractivity contribution < 1.29 is 22.3 Å². The van der Waals surface area contributed by atoms with Gasteiger partial charge in [0.25, 0.3) is 5.91 Å². The van der Waals surface area contributed by atoms with Crippen LogP contribution in [0.1, 0.15) is 10.5 Å². The van der Waals surface area contributed by atoms with Crippen LogP contribution >= 0.6 is 22.7 Å². The van der Waals surface area contributed by atoms with Crippen molar-refractivity contribution in [2.75, 3.05) is 31.6 Å². The van der Waals surface area contributed by atoms with Crippen LogP contribution in [-0.4, -0.2) is 49.9 Å². The largest absolute Gasteiger partial charge is 0.379 e. The van der Waals surface area contributed by atoms with Gasteiger partial charge in [-0.2, -0.15) is 4.31 Å². The van der Waals surface area contributed by atoms with E-state index < -0.39 is 26.6 Å². The van der Waals surface area contributed by atoms with Crippen LogP contribution in [-0.2, 0) is 14.8 Å². The van der Waals surface area contributed by atoms with Gasteiger partial charge in [0.15, 0.2) is 0 Å². The van der Waals surface area contributed by atoms with Gasteiger partial charge in [0, 0.05) is 24.2 Å². The number of anilines is 1. The van der Waals surface area contributed by atoms with Crippen LogP contribution in [0, 0.1) is 5.82 Å². The Morgan fingerprint density at radius 1 is 1.21 bits per heavy atom. The number of halogens is 1. The molecular weight excluding hydrogens is 437 g/mol. The first-order valence-electron chi connectivity index (χ1n) is 8.63. The van der Waals surface area contributed by atoms with Crippen LogP contribution < -0.4 is 5.32 Å². The number of nitrogens with one attached hydrogen (secondary N) is 1. The Hall–Kier alpha value is -2.18. The summed E-state index contributed by atoms with van der Waals surface area (Å²) in [5.41, 5.74) is 0.384. The molecule has 152 valence electrons. The summed E-state index contributed by atoms with van der Waals surface area (Å²) in [7, 11) is -4.03. The van der Waals surface area contributed by atoms with Gasteiger partial charge in [-0.25, -0.2) is 17.8 Å². The van der Waals surface area contributed by atoms with Gasteiger partial charge in [0.2, 0.25) is 10.0 Å². The van der Waals surface area contributed by atoms with Crippen molar-refractivity contribution in [3.05, 3.63) is 52.6 Å². The third-order valence-corrected chi connectivity index (χ3v) is 8.04. The molecule has 3 heterocycles. The first-order chi connectivity index (χ1) is 13.9. The minimum atomic E-state index is -4.03. The molecule has 7 nitrogen and oxygen atoms in total. The molecule has 0 unspecified atom stereocenters. The van der Waals surface area contributed by atoms with Crippen molar-refractivity contribution in [3.8, 4) is 9.88 Å². The highest BCUT2D eigenvalue weighted by molar-refractivity contribution is 7.89. The van der Waals surface area contributed by atoms with Crippen LogP contribution in [0.5, 0.6) is 0 Å². The highest BCUT2D eigenvalue weighted by Crippen LogP contribution is 2.28. The van der Waals surface area contributed by atoms with Crippen LogP contribution in [0.3, 0.4) is 0 Å². The van der Waals surface area contributed by atoms with E-state index in [1.807, 2.05) is 17.5 Å². The minimum Gasteiger partial charge on any atom is -0.379 e. The normalized spacial score (nSPS) is 15.3. The second-order valence-electron chi connectivity index (χ2n) is 6.13. The second kappa shape index (κ2) is 8.28. The monoisotopic (exact) mass is 453 g/mol. The first kappa shape index (κ1) is 20.1. The maximum Gasteiger partial charge on any atom is 0.275 e. The molecule has 0 aliphatic carbocycles. The Labute approximate surface area is 174 Å². The van der Waals surface area contributed by atoms with Crippen LogP contribution in [0.4, 0.5) is 10.1 Å². The molecule has 1 saturated heterocycles. The lowest BCUT2D eigenvalue weighted by molar-refractivity contribution is 0.0729. The van der Waals surface area contributed by atoms with Crippen LogP contribution in [0.15, 0.2) is 46.0 Å². The van der Waals surface area contributed by atoms with Crippen molar-refractivity contribution in [2.45, 2.75) is 4.90 Å². The molecule has 11 heteroatoms. The third-order valence-electron chi connectivity index (χ3n) is 4.25. The van der Waals surface area contributed by atoms with Gasteiger partial charge in [0.1, 0.15) is 21.4 Å². The lowest BCUT2D eigenvalue weighted by Crippen LogP contribution is -2.40. The van der Waals surface area contributed by atoms with E-state index in [1.54, 1.807) is 5.38 Å². The molecule has 1 aromatic carbocycles. The van der Waals surface area contributed by atoms with E-state index in [0.717, 1.165) is 22.0 Å². The zero-order valence-electron chi connectivity index (χ0n) is 15.0. The van der Waals surface area contributed by atoms with E-state index in [0.29, 0.717) is 0 Å². The number of carbonyl (C=O) groups excluding carboxylic acids is 1. The van der Waals surface area contributed by atoms with E-state index >= 15 is 0 Å². The molecule has 1 aliphatic rings. The maximum atomic E-state index is 14.3. The summed E-state index contributed by atoms with van der Waals surface area (Å²) in [4.78, 5) is 17.3. The van der Waals surface area contributed by atoms with E-state index in [4.69, 9.17) is 4.74 Å². The first-order valence-corrected chi connectivity index (χ1v) is 11.8.